The number of aldehydes is 2. The number of fused-ring (bicyclic) bond motifs is 2. The number of hydrogen-bond acceptors (Lipinski definition) is 12. The Hall–Kier alpha value is -5.60. The normalized spacial score (nSPS) is 12.5. The van der Waals surface area contributed by atoms with Crippen LogP contribution in [-0.4, -0.2) is 87.8 Å². The van der Waals surface area contributed by atoms with E-state index < -0.39 is 58.6 Å². The van der Waals surface area contributed by atoms with E-state index in [-0.39, 0.29) is 44.9 Å². The average Bonchev–Trinajstić information content (AvgIpc) is 2.99. The maximum atomic E-state index is 12.0. The fourth-order valence-electron chi connectivity index (χ4n) is 5.87. The summed E-state index contributed by atoms with van der Waals surface area (Å²) in [6.07, 6.45) is -3.85. The van der Waals surface area contributed by atoms with E-state index in [2.05, 4.69) is 0 Å². The maximum absolute atomic E-state index is 12.0. The number of hydrogen-bond donors (Lipinski definition) is 10. The van der Waals surface area contributed by atoms with Crippen LogP contribution in [0.1, 0.15) is 82.5 Å². The lowest BCUT2D eigenvalue weighted by atomic mass is 9.83. The second kappa shape index (κ2) is 13.6. The minimum absolute atomic E-state index is 0.00512. The molecule has 0 fully saturated rings. The van der Waals surface area contributed by atoms with Gasteiger partial charge in [0.05, 0.1) is 11.1 Å². The van der Waals surface area contributed by atoms with Crippen LogP contribution in [0.5, 0.6) is 34.5 Å². The lowest BCUT2D eigenvalue weighted by molar-refractivity contribution is -0.165. The molecule has 256 valence electrons. The molecule has 0 spiro atoms. The maximum Gasteiger partial charge on any atom is 0.335 e. The van der Waals surface area contributed by atoms with Gasteiger partial charge in [0, 0.05) is 33.0 Å². The summed E-state index contributed by atoms with van der Waals surface area (Å²) in [5, 5.41) is 98.9. The van der Waals surface area contributed by atoms with E-state index in [0.717, 1.165) is 0 Å². The number of aliphatic hydroxyl groups excluding tert-OH is 2. The first-order chi connectivity index (χ1) is 22.3. The highest BCUT2D eigenvalue weighted by Gasteiger charge is 2.31. The van der Waals surface area contributed by atoms with Crippen LogP contribution in [0.25, 0.3) is 32.7 Å². The molecule has 0 saturated heterocycles. The molecule has 0 aliphatic rings. The predicted molar refractivity (Wildman–Crippen MR) is 173 cm³/mol. The van der Waals surface area contributed by atoms with Crippen LogP contribution in [0.2, 0.25) is 0 Å². The number of rotatable bonds is 8. The Balaban J connectivity index is 0.000000542. The number of aliphatic hydroxyl groups is 2. The molecule has 0 radical (unpaired) electrons. The minimum Gasteiger partial charge on any atom is -0.507 e. The number of phenolic OH excluding ortho intramolecular Hbond substituents is 6. The summed E-state index contributed by atoms with van der Waals surface area (Å²) < 4.78 is 0. The molecular formula is C34H36O14. The SMILES string of the molecule is Cc1cc2c(C(C)C)c(O)c(O)c(C=O)c2c(O)c1-c1c(C)cc2c(C(C)C)c(O)c(O)c(C=O)c2c1O.O=C(O)C(O)C(O)C(=O)O. The molecule has 4 rings (SSSR count). The Morgan fingerprint density at radius 3 is 1.08 bits per heavy atom. The van der Waals surface area contributed by atoms with Gasteiger partial charge >= 0.3 is 11.9 Å². The molecule has 0 aliphatic heterocycles. The van der Waals surface area contributed by atoms with Gasteiger partial charge in [-0.15, -0.1) is 0 Å². The summed E-state index contributed by atoms with van der Waals surface area (Å²) in [6, 6.07) is 3.31. The van der Waals surface area contributed by atoms with Gasteiger partial charge in [-0.3, -0.25) is 9.59 Å². The molecule has 14 heteroatoms. The monoisotopic (exact) mass is 668 g/mol. The molecule has 48 heavy (non-hydrogen) atoms. The molecule has 2 atom stereocenters. The van der Waals surface area contributed by atoms with Crippen molar-refractivity contribution < 1.29 is 70.2 Å². The zero-order valence-corrected chi connectivity index (χ0v) is 26.7. The first-order valence-corrected chi connectivity index (χ1v) is 14.5. The van der Waals surface area contributed by atoms with E-state index in [1.165, 1.54) is 0 Å². The third kappa shape index (κ3) is 5.98. The van der Waals surface area contributed by atoms with Crippen molar-refractivity contribution in [2.75, 3.05) is 0 Å². The van der Waals surface area contributed by atoms with Gasteiger partial charge in [-0.2, -0.15) is 0 Å². The highest BCUT2D eigenvalue weighted by molar-refractivity contribution is 6.14. The number of benzene rings is 4. The highest BCUT2D eigenvalue weighted by Crippen LogP contribution is 2.54. The fourth-order valence-corrected chi connectivity index (χ4v) is 5.87. The van der Waals surface area contributed by atoms with Gasteiger partial charge in [0.15, 0.2) is 47.8 Å². The fraction of sp³-hybridized carbons (Fsp3) is 0.294. The number of aromatic hydroxyl groups is 6. The number of phenols is 6. The highest BCUT2D eigenvalue weighted by atomic mass is 16.4. The summed E-state index contributed by atoms with van der Waals surface area (Å²) in [7, 11) is 0. The van der Waals surface area contributed by atoms with Gasteiger partial charge in [-0.25, -0.2) is 9.59 Å². The summed E-state index contributed by atoms with van der Waals surface area (Å²) in [4.78, 5) is 43.5. The van der Waals surface area contributed by atoms with Gasteiger partial charge in [0.25, 0.3) is 0 Å². The van der Waals surface area contributed by atoms with Gasteiger partial charge < -0.3 is 51.1 Å². The van der Waals surface area contributed by atoms with Crippen LogP contribution >= 0.6 is 0 Å². The molecule has 0 aromatic heterocycles. The van der Waals surface area contributed by atoms with Crippen molar-refractivity contribution in [1.29, 1.82) is 0 Å². The first kappa shape index (κ1) is 36.9. The molecule has 0 heterocycles. The van der Waals surface area contributed by atoms with Crippen LogP contribution in [0, 0.1) is 13.8 Å². The van der Waals surface area contributed by atoms with E-state index >= 15 is 0 Å². The number of aryl methyl sites for hydroxylation is 2. The van der Waals surface area contributed by atoms with Gasteiger partial charge in [-0.05, 0) is 47.6 Å². The quantitative estimate of drug-likeness (QED) is 0.0928. The van der Waals surface area contributed by atoms with Crippen LogP contribution in [0.3, 0.4) is 0 Å². The summed E-state index contributed by atoms with van der Waals surface area (Å²) in [5.41, 5.74) is 1.33. The summed E-state index contributed by atoms with van der Waals surface area (Å²) >= 11 is 0. The topological polar surface area (TPSA) is 271 Å². The number of aliphatic carboxylic acids is 2. The van der Waals surface area contributed by atoms with E-state index in [9.17, 15) is 49.8 Å². The number of carboxylic acids is 2. The first-order valence-electron chi connectivity index (χ1n) is 14.5. The number of carbonyl (C=O) groups excluding carboxylic acids is 2. The molecular weight excluding hydrogens is 632 g/mol. The van der Waals surface area contributed by atoms with E-state index in [1.54, 1.807) is 53.7 Å². The smallest absolute Gasteiger partial charge is 0.335 e. The zero-order chi connectivity index (χ0) is 36.7. The summed E-state index contributed by atoms with van der Waals surface area (Å²) in [6.45, 7) is 10.5. The Morgan fingerprint density at radius 1 is 0.562 bits per heavy atom. The third-order valence-electron chi connectivity index (χ3n) is 8.03. The van der Waals surface area contributed by atoms with Crippen LogP contribution in [0.15, 0.2) is 12.1 Å². The largest absolute Gasteiger partial charge is 0.507 e. The molecule has 0 amide bonds. The predicted octanol–water partition coefficient (Wildman–Crippen LogP) is 4.26. The van der Waals surface area contributed by atoms with Crippen molar-refractivity contribution >= 4 is 46.1 Å². The van der Waals surface area contributed by atoms with Crippen molar-refractivity contribution in [3.63, 3.8) is 0 Å². The van der Waals surface area contributed by atoms with Crippen molar-refractivity contribution in [1.82, 2.24) is 0 Å². The van der Waals surface area contributed by atoms with Gasteiger partial charge in [-0.1, -0.05) is 39.8 Å². The number of carbonyl (C=O) groups is 4. The van der Waals surface area contributed by atoms with E-state index in [4.69, 9.17) is 20.4 Å². The Labute approximate surface area is 273 Å². The lowest BCUT2D eigenvalue weighted by Crippen LogP contribution is -2.39. The van der Waals surface area contributed by atoms with Crippen molar-refractivity contribution in [3.05, 3.63) is 45.5 Å². The second-order valence-corrected chi connectivity index (χ2v) is 11.8. The van der Waals surface area contributed by atoms with Gasteiger partial charge in [0.2, 0.25) is 0 Å². The molecule has 14 nitrogen and oxygen atoms in total. The van der Waals surface area contributed by atoms with E-state index in [1.807, 2.05) is 0 Å². The van der Waals surface area contributed by atoms with Crippen molar-refractivity contribution in [2.24, 2.45) is 0 Å². The van der Waals surface area contributed by atoms with Crippen LogP contribution in [0.4, 0.5) is 0 Å². The Kier molecular flexibility index (Phi) is 10.5. The third-order valence-corrected chi connectivity index (χ3v) is 8.03. The Morgan fingerprint density at radius 2 is 0.854 bits per heavy atom. The van der Waals surface area contributed by atoms with E-state index in [0.29, 0.717) is 45.6 Å². The molecule has 10 N–H and O–H groups in total. The summed E-state index contributed by atoms with van der Waals surface area (Å²) in [5.74, 6) is -7.11. The lowest BCUT2D eigenvalue weighted by Gasteiger charge is -2.23. The molecule has 0 aliphatic carbocycles. The molecule has 4 aromatic rings. The average molecular weight is 669 g/mol. The van der Waals surface area contributed by atoms with Crippen LogP contribution < -0.4 is 0 Å². The standard InChI is InChI=1S/C30H30O8.C4H6O6/c1-11(2)19-15-7-13(5)21(27(35)23(15)17(9-31)25(33)29(19)37)22-14(6)8-16-20(12(3)4)30(38)26(34)18(10-32)24(16)28(22)36;5-1(3(7)8)2(6)4(9)10/h7-12,33-38H,1-6H3;1-2,5-6H,(H,7,8)(H,9,10). The molecule has 0 bridgehead atoms. The zero-order valence-electron chi connectivity index (χ0n) is 26.7. The molecule has 0 saturated carbocycles. The second-order valence-electron chi connectivity index (χ2n) is 11.8. The molecule has 2 unspecified atom stereocenters. The van der Waals surface area contributed by atoms with Crippen molar-refractivity contribution in [3.8, 4) is 45.6 Å². The van der Waals surface area contributed by atoms with Crippen LogP contribution in [-0.2, 0) is 9.59 Å². The number of carboxylic acid groups (broad SMARTS) is 2. The Bertz CT molecular complexity index is 1850. The van der Waals surface area contributed by atoms with Crippen molar-refractivity contribution in [2.45, 2.75) is 65.6 Å². The molecule has 4 aromatic carbocycles. The van der Waals surface area contributed by atoms with Gasteiger partial charge in [0.1, 0.15) is 11.5 Å². The minimum atomic E-state index is -2.27.